The van der Waals surface area contributed by atoms with E-state index in [9.17, 15) is 0 Å². The number of halogens is 3. The first-order valence-corrected chi connectivity index (χ1v) is 3.32. The topological polar surface area (TPSA) is 51.8 Å². The minimum Gasteiger partial charge on any atom is -0.397 e. The summed E-state index contributed by atoms with van der Waals surface area (Å²) in [6.45, 7) is 0. The van der Waals surface area contributed by atoms with Gasteiger partial charge < -0.3 is 5.73 Å². The number of hydrogen-bond acceptors (Lipinski definition) is 3. The van der Waals surface area contributed by atoms with Crippen molar-refractivity contribution in [2.45, 2.75) is 0 Å². The molecule has 14 heavy (non-hydrogen) atoms. The zero-order valence-corrected chi connectivity index (χ0v) is 9.53. The summed E-state index contributed by atoms with van der Waals surface area (Å²) >= 11 is 0. The normalized spacial score (nSPS) is 8.00. The third-order valence-electron chi connectivity index (χ3n) is 1.47. The highest BCUT2D eigenvalue weighted by Gasteiger charge is 1.92. The Morgan fingerprint density at radius 1 is 1.07 bits per heavy atom. The average Bonchev–Trinajstić information content (AvgIpc) is 2.04. The van der Waals surface area contributed by atoms with Crippen molar-refractivity contribution in [1.82, 2.24) is 9.97 Å². The quantitative estimate of drug-likeness (QED) is 0.786. The fourth-order valence-corrected chi connectivity index (χ4v) is 0.982. The molecule has 78 valence electrons. The summed E-state index contributed by atoms with van der Waals surface area (Å²) in [5, 5.41) is 0.979. The van der Waals surface area contributed by atoms with Gasteiger partial charge in [-0.25, -0.2) is 9.97 Å². The number of nitrogens with zero attached hydrogens (tertiary/aromatic N) is 2. The molecule has 0 radical (unpaired) electrons. The first-order valence-electron chi connectivity index (χ1n) is 3.32. The molecular formula is C8H10Cl3N3. The van der Waals surface area contributed by atoms with Crippen LogP contribution in [-0.4, -0.2) is 9.97 Å². The fourth-order valence-electron chi connectivity index (χ4n) is 0.982. The van der Waals surface area contributed by atoms with E-state index in [4.69, 9.17) is 5.73 Å². The molecule has 0 spiro atoms. The molecule has 0 unspecified atom stereocenters. The molecule has 3 nitrogen and oxygen atoms in total. The van der Waals surface area contributed by atoms with E-state index in [2.05, 4.69) is 9.97 Å². The van der Waals surface area contributed by atoms with Gasteiger partial charge in [0.2, 0.25) is 0 Å². The molecule has 0 aromatic carbocycles. The van der Waals surface area contributed by atoms with Gasteiger partial charge in [0.15, 0.2) is 5.65 Å². The predicted molar refractivity (Wildman–Crippen MR) is 65.7 cm³/mol. The molecule has 0 saturated carbocycles. The Labute approximate surface area is 100 Å². The molecule has 0 amide bonds. The molecule has 2 heterocycles. The van der Waals surface area contributed by atoms with Crippen molar-refractivity contribution in [3.05, 3.63) is 30.6 Å². The monoisotopic (exact) mass is 253 g/mol. The van der Waals surface area contributed by atoms with E-state index in [1.807, 2.05) is 18.2 Å². The second kappa shape index (κ2) is 6.65. The average molecular weight is 255 g/mol. The molecule has 0 fully saturated rings. The molecular weight excluding hydrogens is 244 g/mol. The van der Waals surface area contributed by atoms with E-state index in [1.165, 1.54) is 0 Å². The van der Waals surface area contributed by atoms with Gasteiger partial charge in [-0.15, -0.1) is 37.2 Å². The number of nitrogens with two attached hydrogens (primary N) is 1. The van der Waals surface area contributed by atoms with Crippen molar-refractivity contribution in [2.24, 2.45) is 0 Å². The summed E-state index contributed by atoms with van der Waals surface area (Å²) in [6, 6.07) is 5.66. The Kier molecular flexibility index (Phi) is 7.45. The molecule has 0 aliphatic heterocycles. The van der Waals surface area contributed by atoms with Crippen LogP contribution >= 0.6 is 37.2 Å². The van der Waals surface area contributed by atoms with E-state index >= 15 is 0 Å². The maximum Gasteiger partial charge on any atom is 0.159 e. The van der Waals surface area contributed by atoms with Crippen molar-refractivity contribution >= 4 is 53.9 Å². The second-order valence-corrected chi connectivity index (χ2v) is 2.32. The van der Waals surface area contributed by atoms with Gasteiger partial charge in [-0.1, -0.05) is 0 Å². The van der Waals surface area contributed by atoms with Crippen LogP contribution < -0.4 is 5.73 Å². The molecule has 0 aliphatic carbocycles. The van der Waals surface area contributed by atoms with Gasteiger partial charge in [-0.2, -0.15) is 0 Å². The van der Waals surface area contributed by atoms with Crippen LogP contribution in [0, 0.1) is 0 Å². The molecule has 2 N–H and O–H groups in total. The van der Waals surface area contributed by atoms with Crippen LogP contribution in [0.2, 0.25) is 0 Å². The minimum atomic E-state index is 0. The maximum absolute atomic E-state index is 5.53. The summed E-state index contributed by atoms with van der Waals surface area (Å²) in [5.74, 6) is 0. The first kappa shape index (κ1) is 15.7. The summed E-state index contributed by atoms with van der Waals surface area (Å²) in [7, 11) is 0. The number of rotatable bonds is 0. The molecule has 6 heteroatoms. The molecule has 0 bridgehead atoms. The van der Waals surface area contributed by atoms with Crippen LogP contribution in [0.3, 0.4) is 0 Å². The molecule has 2 aromatic heterocycles. The van der Waals surface area contributed by atoms with Gasteiger partial charge in [-0.05, 0) is 18.2 Å². The zero-order chi connectivity index (χ0) is 7.68. The summed E-state index contributed by atoms with van der Waals surface area (Å²) < 4.78 is 0. The second-order valence-electron chi connectivity index (χ2n) is 2.32. The molecule has 0 atom stereocenters. The number of pyridine rings is 2. The Morgan fingerprint density at radius 3 is 2.50 bits per heavy atom. The van der Waals surface area contributed by atoms with Gasteiger partial charge >= 0.3 is 0 Å². The van der Waals surface area contributed by atoms with Crippen LogP contribution in [0.5, 0.6) is 0 Å². The van der Waals surface area contributed by atoms with Crippen LogP contribution in [0.25, 0.3) is 11.0 Å². The summed E-state index contributed by atoms with van der Waals surface area (Å²) in [6.07, 6.45) is 3.32. The van der Waals surface area contributed by atoms with E-state index in [0.29, 0.717) is 5.69 Å². The lowest BCUT2D eigenvalue weighted by molar-refractivity contribution is 1.29. The number of nitrogen functional groups attached to an aromatic ring is 1. The molecule has 2 rings (SSSR count). The summed E-state index contributed by atoms with van der Waals surface area (Å²) in [4.78, 5) is 8.10. The number of hydrogen-bond donors (Lipinski definition) is 1. The summed E-state index contributed by atoms with van der Waals surface area (Å²) in [5.41, 5.74) is 6.94. The maximum atomic E-state index is 5.53. The van der Waals surface area contributed by atoms with E-state index in [1.54, 1.807) is 12.4 Å². The highest BCUT2D eigenvalue weighted by atomic mass is 35.5. The third kappa shape index (κ3) is 3.18. The van der Waals surface area contributed by atoms with Crippen molar-refractivity contribution in [1.29, 1.82) is 0 Å². The molecule has 0 saturated heterocycles. The smallest absolute Gasteiger partial charge is 0.159 e. The van der Waals surface area contributed by atoms with E-state index in [0.717, 1.165) is 11.0 Å². The molecule has 2 aromatic rings. The Bertz CT molecular complexity index is 394. The predicted octanol–water partition coefficient (Wildman–Crippen LogP) is 2.48. The van der Waals surface area contributed by atoms with Crippen molar-refractivity contribution < 1.29 is 0 Å². The zero-order valence-electron chi connectivity index (χ0n) is 7.08. The van der Waals surface area contributed by atoms with Crippen LogP contribution in [0.4, 0.5) is 5.69 Å². The van der Waals surface area contributed by atoms with Gasteiger partial charge in [0.1, 0.15) is 0 Å². The third-order valence-corrected chi connectivity index (χ3v) is 1.47. The van der Waals surface area contributed by atoms with Gasteiger partial charge in [0, 0.05) is 11.6 Å². The van der Waals surface area contributed by atoms with Crippen molar-refractivity contribution in [3.8, 4) is 0 Å². The first-order chi connectivity index (χ1) is 5.36. The fraction of sp³-hybridized carbons (Fsp3) is 0. The lowest BCUT2D eigenvalue weighted by Crippen LogP contribution is -1.87. The highest BCUT2D eigenvalue weighted by Crippen LogP contribution is 2.10. The SMILES string of the molecule is Cl.Cl.Cl.Nc1cnc2ncccc2c1. The van der Waals surface area contributed by atoms with Crippen LogP contribution in [-0.2, 0) is 0 Å². The highest BCUT2D eigenvalue weighted by molar-refractivity contribution is 5.86. The van der Waals surface area contributed by atoms with Crippen molar-refractivity contribution in [2.75, 3.05) is 5.73 Å². The lowest BCUT2D eigenvalue weighted by atomic mass is 10.3. The Balaban J connectivity index is 0. The van der Waals surface area contributed by atoms with Crippen LogP contribution in [0.15, 0.2) is 30.6 Å². The number of fused-ring (bicyclic) bond motifs is 1. The van der Waals surface area contributed by atoms with Gasteiger partial charge in [0.25, 0.3) is 0 Å². The lowest BCUT2D eigenvalue weighted by Gasteiger charge is -1.95. The van der Waals surface area contributed by atoms with E-state index in [-0.39, 0.29) is 37.2 Å². The van der Waals surface area contributed by atoms with E-state index < -0.39 is 0 Å². The van der Waals surface area contributed by atoms with Crippen molar-refractivity contribution in [3.63, 3.8) is 0 Å². The van der Waals surface area contributed by atoms with Crippen LogP contribution in [0.1, 0.15) is 0 Å². The largest absolute Gasteiger partial charge is 0.397 e. The standard InChI is InChI=1S/C8H7N3.3ClH/c9-7-4-6-2-1-3-10-8(6)11-5-7;;;/h1-5H,9H2;3*1H. The number of aromatic nitrogens is 2. The number of anilines is 1. The minimum absolute atomic E-state index is 0. The molecule has 0 aliphatic rings. The Morgan fingerprint density at radius 2 is 1.79 bits per heavy atom. The van der Waals surface area contributed by atoms with Gasteiger partial charge in [0.05, 0.1) is 11.9 Å². The van der Waals surface area contributed by atoms with Gasteiger partial charge in [-0.3, -0.25) is 0 Å². The Hall–Kier alpha value is -0.770.